The summed E-state index contributed by atoms with van der Waals surface area (Å²) in [6.07, 6.45) is 0. The average Bonchev–Trinajstić information content (AvgIpc) is 2.57. The highest BCUT2D eigenvalue weighted by atomic mass is 32.1. The van der Waals surface area contributed by atoms with Crippen LogP contribution in [0.4, 0.5) is 0 Å². The Kier molecular flexibility index (Phi) is 2.16. The molecule has 6 heteroatoms. The zero-order valence-electron chi connectivity index (χ0n) is 7.89. The molecule has 2 aromatic rings. The van der Waals surface area contributed by atoms with Crippen molar-refractivity contribution in [3.8, 4) is 0 Å². The van der Waals surface area contributed by atoms with Gasteiger partial charge in [0.2, 0.25) is 0 Å². The fourth-order valence-corrected chi connectivity index (χ4v) is 1.48. The molecule has 0 aliphatic carbocycles. The third-order valence-electron chi connectivity index (χ3n) is 2.12. The summed E-state index contributed by atoms with van der Waals surface area (Å²) in [5, 5.41) is 13.6. The molecule has 14 heavy (non-hydrogen) atoms. The summed E-state index contributed by atoms with van der Waals surface area (Å²) in [5.74, 6) is 0.833. The van der Waals surface area contributed by atoms with Crippen molar-refractivity contribution in [3.63, 3.8) is 0 Å². The molecule has 2 aromatic heterocycles. The highest BCUT2D eigenvalue weighted by Crippen LogP contribution is 2.16. The van der Waals surface area contributed by atoms with Crippen molar-refractivity contribution in [3.05, 3.63) is 17.1 Å². The lowest BCUT2D eigenvalue weighted by Gasteiger charge is -2.03. The highest BCUT2D eigenvalue weighted by Gasteiger charge is 2.10. The van der Waals surface area contributed by atoms with Crippen molar-refractivity contribution in [2.24, 2.45) is 0 Å². The quantitative estimate of drug-likeness (QED) is 0.532. The van der Waals surface area contributed by atoms with Gasteiger partial charge in [0, 0.05) is 11.3 Å². The lowest BCUT2D eigenvalue weighted by Crippen LogP contribution is -1.99. The number of aliphatic hydroxyl groups excluding tert-OH is 1. The van der Waals surface area contributed by atoms with E-state index in [1.165, 1.54) is 4.52 Å². The Balaban J connectivity index is 2.81. The van der Waals surface area contributed by atoms with Gasteiger partial charge in [-0.2, -0.15) is 9.50 Å². The zero-order valence-corrected chi connectivity index (χ0v) is 8.78. The average molecular weight is 210 g/mol. The Bertz CT molecular complexity index is 494. The summed E-state index contributed by atoms with van der Waals surface area (Å²) >= 11 is 4.32. The lowest BCUT2D eigenvalue weighted by atomic mass is 10.3. The molecule has 1 N–H and O–H groups in total. The first-order valence-corrected chi connectivity index (χ1v) is 4.61. The molecule has 74 valence electrons. The maximum Gasteiger partial charge on any atom is 0.253 e. The Morgan fingerprint density at radius 2 is 2.07 bits per heavy atom. The second-order valence-electron chi connectivity index (χ2n) is 3.04. The predicted octanol–water partition coefficient (Wildman–Crippen LogP) is 0.522. The van der Waals surface area contributed by atoms with Crippen molar-refractivity contribution in [2.75, 3.05) is 0 Å². The summed E-state index contributed by atoms with van der Waals surface area (Å²) in [4.78, 5) is 8.27. The largest absolute Gasteiger partial charge is 0.388 e. The first kappa shape index (κ1) is 9.42. The number of aromatic nitrogens is 4. The second-order valence-corrected chi connectivity index (χ2v) is 3.47. The van der Waals surface area contributed by atoms with Crippen molar-refractivity contribution >= 4 is 18.4 Å². The number of thiol groups is 1. The first-order chi connectivity index (χ1) is 6.63. The maximum absolute atomic E-state index is 8.88. The third-order valence-corrected chi connectivity index (χ3v) is 2.65. The van der Waals surface area contributed by atoms with Gasteiger partial charge < -0.3 is 5.11 Å². The molecule has 0 atom stereocenters. The fraction of sp³-hybridized carbons (Fsp3) is 0.375. The Labute approximate surface area is 86.2 Å². The minimum absolute atomic E-state index is 0.186. The van der Waals surface area contributed by atoms with Crippen LogP contribution >= 0.6 is 12.6 Å². The number of hydrogen-bond donors (Lipinski definition) is 2. The van der Waals surface area contributed by atoms with Gasteiger partial charge in [0.25, 0.3) is 5.78 Å². The lowest BCUT2D eigenvalue weighted by molar-refractivity contribution is 0.271. The van der Waals surface area contributed by atoms with Crippen molar-refractivity contribution in [1.82, 2.24) is 19.6 Å². The number of aryl methyl sites for hydroxylation is 1. The van der Waals surface area contributed by atoms with Gasteiger partial charge in [0.1, 0.15) is 11.6 Å². The SMILES string of the molecule is Cc1nc2nc(CO)nn2c(S)c1C. The van der Waals surface area contributed by atoms with E-state index in [4.69, 9.17) is 5.11 Å². The van der Waals surface area contributed by atoms with Crippen LogP contribution in [0.15, 0.2) is 5.03 Å². The van der Waals surface area contributed by atoms with Gasteiger partial charge in [-0.25, -0.2) is 4.98 Å². The Hall–Kier alpha value is -1.14. The van der Waals surface area contributed by atoms with Crippen LogP contribution in [0, 0.1) is 13.8 Å². The predicted molar refractivity (Wildman–Crippen MR) is 53.4 cm³/mol. The third kappa shape index (κ3) is 1.27. The molecule has 2 heterocycles. The molecule has 0 bridgehead atoms. The molecule has 0 radical (unpaired) electrons. The fourth-order valence-electron chi connectivity index (χ4n) is 1.18. The van der Waals surface area contributed by atoms with Gasteiger partial charge >= 0.3 is 0 Å². The summed E-state index contributed by atoms with van der Waals surface area (Å²) in [5.41, 5.74) is 1.84. The van der Waals surface area contributed by atoms with Gasteiger partial charge in [0.15, 0.2) is 5.82 Å². The van der Waals surface area contributed by atoms with Gasteiger partial charge in [-0.05, 0) is 13.8 Å². The molecule has 0 saturated heterocycles. The smallest absolute Gasteiger partial charge is 0.253 e. The summed E-state index contributed by atoms with van der Waals surface area (Å²) in [6, 6.07) is 0. The minimum Gasteiger partial charge on any atom is -0.388 e. The van der Waals surface area contributed by atoms with Crippen LogP contribution in [0.3, 0.4) is 0 Å². The van der Waals surface area contributed by atoms with Crippen molar-refractivity contribution in [1.29, 1.82) is 0 Å². The molecule has 0 aliphatic heterocycles. The van der Waals surface area contributed by atoms with E-state index in [2.05, 4.69) is 27.7 Å². The van der Waals surface area contributed by atoms with Gasteiger partial charge in [0.05, 0.1) is 0 Å². The number of fused-ring (bicyclic) bond motifs is 1. The minimum atomic E-state index is -0.186. The summed E-state index contributed by atoms with van der Waals surface area (Å²) < 4.78 is 1.52. The van der Waals surface area contributed by atoms with Crippen LogP contribution in [0.25, 0.3) is 5.78 Å². The van der Waals surface area contributed by atoms with Crippen LogP contribution in [-0.4, -0.2) is 24.7 Å². The number of nitrogens with zero attached hydrogens (tertiary/aromatic N) is 4. The topological polar surface area (TPSA) is 63.3 Å². The summed E-state index contributed by atoms with van der Waals surface area (Å²) in [7, 11) is 0. The van der Waals surface area contributed by atoms with E-state index in [1.54, 1.807) is 0 Å². The van der Waals surface area contributed by atoms with E-state index in [9.17, 15) is 0 Å². The number of hydrogen-bond acceptors (Lipinski definition) is 5. The Morgan fingerprint density at radius 3 is 2.71 bits per heavy atom. The van der Waals surface area contributed by atoms with E-state index in [1.807, 2.05) is 13.8 Å². The van der Waals surface area contributed by atoms with Crippen molar-refractivity contribution in [2.45, 2.75) is 25.5 Å². The molecule has 0 spiro atoms. The molecular weight excluding hydrogens is 200 g/mol. The van der Waals surface area contributed by atoms with Gasteiger partial charge in [-0.15, -0.1) is 17.7 Å². The second kappa shape index (κ2) is 3.21. The van der Waals surface area contributed by atoms with Crippen LogP contribution in [0.1, 0.15) is 17.1 Å². The van der Waals surface area contributed by atoms with Crippen LogP contribution in [0.2, 0.25) is 0 Å². The first-order valence-electron chi connectivity index (χ1n) is 4.16. The standard InChI is InChI=1S/C8H10N4OS/c1-4-5(2)9-8-10-6(3-13)11-12(8)7(4)14/h13-14H,3H2,1-2H3. The zero-order chi connectivity index (χ0) is 10.3. The van der Waals surface area contributed by atoms with E-state index in [0.29, 0.717) is 16.6 Å². The molecule has 0 fully saturated rings. The van der Waals surface area contributed by atoms with Crippen LogP contribution < -0.4 is 0 Å². The molecule has 0 aromatic carbocycles. The van der Waals surface area contributed by atoms with Gasteiger partial charge in [-0.3, -0.25) is 0 Å². The van der Waals surface area contributed by atoms with Crippen molar-refractivity contribution < 1.29 is 5.11 Å². The van der Waals surface area contributed by atoms with Crippen LogP contribution in [-0.2, 0) is 6.61 Å². The number of aliphatic hydroxyl groups is 1. The normalized spacial score (nSPS) is 11.1. The summed E-state index contributed by atoms with van der Waals surface area (Å²) in [6.45, 7) is 3.63. The maximum atomic E-state index is 8.88. The van der Waals surface area contributed by atoms with E-state index in [0.717, 1.165) is 11.3 Å². The molecular formula is C8H10N4OS. The molecule has 2 rings (SSSR count). The Morgan fingerprint density at radius 1 is 1.36 bits per heavy atom. The van der Waals surface area contributed by atoms with Crippen LogP contribution in [0.5, 0.6) is 0 Å². The van der Waals surface area contributed by atoms with E-state index >= 15 is 0 Å². The highest BCUT2D eigenvalue weighted by molar-refractivity contribution is 7.80. The number of rotatable bonds is 1. The molecule has 0 saturated carbocycles. The molecule has 0 amide bonds. The molecule has 0 aliphatic rings. The molecule has 0 unspecified atom stereocenters. The monoisotopic (exact) mass is 210 g/mol. The molecule has 5 nitrogen and oxygen atoms in total. The van der Waals surface area contributed by atoms with E-state index in [-0.39, 0.29) is 6.61 Å². The van der Waals surface area contributed by atoms with E-state index < -0.39 is 0 Å². The van der Waals surface area contributed by atoms with Gasteiger partial charge in [-0.1, -0.05) is 0 Å².